The first-order chi connectivity index (χ1) is 6.72. The van der Waals surface area contributed by atoms with E-state index in [1.54, 1.807) is 21.3 Å². The Labute approximate surface area is 96.3 Å². The number of methoxy groups -OCH3 is 3. The Morgan fingerprint density at radius 1 is 1.00 bits per heavy atom. The molecule has 6 heteroatoms. The monoisotopic (exact) mass is 226 g/mol. The van der Waals surface area contributed by atoms with Gasteiger partial charge in [0.25, 0.3) is 0 Å². The molecule has 0 amide bonds. The van der Waals surface area contributed by atoms with E-state index in [1.165, 1.54) is 0 Å². The third-order valence-electron chi connectivity index (χ3n) is 1.91. The van der Waals surface area contributed by atoms with E-state index < -0.39 is 0 Å². The molecule has 0 saturated heterocycles. The molecule has 0 aliphatic rings. The van der Waals surface area contributed by atoms with Gasteiger partial charge >= 0.3 is 84.7 Å². The summed E-state index contributed by atoms with van der Waals surface area (Å²) in [5, 5.41) is 0. The summed E-state index contributed by atoms with van der Waals surface area (Å²) < 4.78 is 15.2. The molecule has 1 aromatic rings. The first-order valence-electron chi connectivity index (χ1n) is 4.22. The number of benzene rings is 1. The summed E-state index contributed by atoms with van der Waals surface area (Å²) in [6.45, 7) is 0.507. The van der Waals surface area contributed by atoms with Gasteiger partial charge in [-0.05, 0) is 0 Å². The van der Waals surface area contributed by atoms with Crippen molar-refractivity contribution in [3.63, 3.8) is 0 Å². The topological polar surface area (TPSA) is 87.7 Å². The van der Waals surface area contributed by atoms with Crippen LogP contribution in [-0.4, -0.2) is 40.1 Å². The molecule has 0 aromatic heterocycles. The summed E-state index contributed by atoms with van der Waals surface area (Å²) in [5.74, 6) is 1.22. The first-order valence-corrected chi connectivity index (χ1v) is 4.22. The summed E-state index contributed by atoms with van der Waals surface area (Å²) >= 11 is 0. The van der Waals surface area contributed by atoms with Gasteiger partial charge < -0.3 is 11.0 Å². The molecule has 0 radical (unpaired) electrons. The second-order valence-corrected chi connectivity index (χ2v) is 2.85. The van der Waals surface area contributed by atoms with Gasteiger partial charge in [0.05, 0.1) is 0 Å². The third-order valence-corrected chi connectivity index (χ3v) is 1.91. The first kappa shape index (κ1) is 17.2. The minimum absolute atomic E-state index is 0. The van der Waals surface area contributed by atoms with Crippen LogP contribution in [0.1, 0.15) is 5.56 Å². The molecule has 16 heavy (non-hydrogen) atoms. The van der Waals surface area contributed by atoms with Gasteiger partial charge in [-0.15, -0.1) is 0 Å². The summed E-state index contributed by atoms with van der Waals surface area (Å²) in [6.07, 6.45) is 0. The predicted octanol–water partition coefficient (Wildman–Crippen LogP) is 0.290. The van der Waals surface area contributed by atoms with E-state index in [-0.39, 0.29) is 11.0 Å². The molecule has 0 unspecified atom stereocenters. The molecular formula is C10H15BO5. The van der Waals surface area contributed by atoms with Gasteiger partial charge in [-0.1, -0.05) is 0 Å². The predicted molar refractivity (Wildman–Crippen MR) is 59.5 cm³/mol. The fourth-order valence-electron chi connectivity index (χ4n) is 1.24. The van der Waals surface area contributed by atoms with E-state index in [2.05, 4.69) is 0 Å². The summed E-state index contributed by atoms with van der Waals surface area (Å²) in [5.41, 5.74) is 1.48. The van der Waals surface area contributed by atoms with Gasteiger partial charge in [-0.3, -0.25) is 0 Å². The van der Waals surface area contributed by atoms with E-state index >= 15 is 0 Å². The number of ether oxygens (including phenoxy) is 3. The van der Waals surface area contributed by atoms with Crippen LogP contribution >= 0.6 is 0 Å². The zero-order valence-corrected chi connectivity index (χ0v) is 9.56. The molecule has 0 spiro atoms. The van der Waals surface area contributed by atoms with Crippen molar-refractivity contribution < 1.29 is 25.2 Å². The van der Waals surface area contributed by atoms with E-state index in [4.69, 9.17) is 22.1 Å². The van der Waals surface area contributed by atoms with Crippen molar-refractivity contribution in [1.29, 1.82) is 0 Å². The van der Waals surface area contributed by atoms with Crippen molar-refractivity contribution in [2.24, 2.45) is 0 Å². The van der Waals surface area contributed by atoms with E-state index in [1.807, 2.05) is 12.1 Å². The van der Waals surface area contributed by atoms with Crippen molar-refractivity contribution in [2.75, 3.05) is 21.3 Å². The van der Waals surface area contributed by atoms with Crippen LogP contribution in [0.15, 0.2) is 12.1 Å². The maximum atomic E-state index is 5.78. The Morgan fingerprint density at radius 3 is 1.75 bits per heavy atom. The third kappa shape index (κ3) is 3.73. The summed E-state index contributed by atoms with van der Waals surface area (Å²) in [7, 11) is 10.6. The van der Waals surface area contributed by atoms with Crippen LogP contribution in [-0.2, 0) is 11.3 Å². The Hall–Kier alpha value is -1.24. The smallest absolute Gasteiger partial charge is 0.870 e. The molecule has 0 heterocycles. The molecule has 0 aliphatic carbocycles. The quantitative estimate of drug-likeness (QED) is 0.688. The molecule has 0 atom stereocenters. The van der Waals surface area contributed by atoms with Gasteiger partial charge in [0.15, 0.2) is 0 Å². The number of hydrogen-bond acceptors (Lipinski definition) is 5. The van der Waals surface area contributed by atoms with Crippen LogP contribution in [0.25, 0.3) is 0 Å². The minimum atomic E-state index is 0. The Bertz CT molecular complexity index is 291. The molecule has 0 fully saturated rings. The second-order valence-electron chi connectivity index (χ2n) is 2.85. The van der Waals surface area contributed by atoms with Crippen LogP contribution in [0.3, 0.4) is 0 Å². The van der Waals surface area contributed by atoms with Crippen molar-refractivity contribution in [3.8, 4) is 11.5 Å². The number of rotatable bonds is 4. The van der Waals surface area contributed by atoms with Gasteiger partial charge in [-0.2, -0.15) is 0 Å². The van der Waals surface area contributed by atoms with Gasteiger partial charge in [0, 0.05) is 0 Å². The van der Waals surface area contributed by atoms with Gasteiger partial charge in [-0.25, -0.2) is 0 Å². The Balaban J connectivity index is 0. The normalized spacial score (nSPS) is 8.81. The average molecular weight is 226 g/mol. The Morgan fingerprint density at radius 2 is 1.44 bits per heavy atom. The summed E-state index contributed by atoms with van der Waals surface area (Å²) in [6, 6.07) is 3.67. The van der Waals surface area contributed by atoms with Crippen LogP contribution < -0.4 is 14.9 Å². The van der Waals surface area contributed by atoms with Crippen LogP contribution in [0, 0.1) is 0 Å². The van der Waals surface area contributed by atoms with Crippen molar-refractivity contribution in [3.05, 3.63) is 17.7 Å². The standard InChI is InChI=1S/C10H13BO3.2H2O/c1-12-6-7-4-8(13-2)10(11)9(5-7)14-3;;/h4-5H,6H2,1-3H3;2*1H2/q+2;;/p-2. The van der Waals surface area contributed by atoms with Crippen LogP contribution in [0.5, 0.6) is 11.5 Å². The average Bonchev–Trinajstić information content (AvgIpc) is 2.20. The number of hydrogen-bond donors (Lipinski definition) is 0. The van der Waals surface area contributed by atoms with Crippen molar-refractivity contribution >= 4 is 13.3 Å². The molecule has 0 aliphatic heterocycles. The maximum Gasteiger partial charge on any atom is -0.870 e. The Kier molecular flexibility index (Phi) is 8.56. The molecule has 1 aromatic carbocycles. The van der Waals surface area contributed by atoms with Gasteiger partial charge in [0.1, 0.15) is 0 Å². The zero-order valence-electron chi connectivity index (χ0n) is 9.56. The minimum Gasteiger partial charge on any atom is -0.870 e. The molecule has 0 saturated carbocycles. The largest absolute Gasteiger partial charge is 0.870 e. The molecule has 2 N–H and O–H groups in total. The summed E-state index contributed by atoms with van der Waals surface area (Å²) in [4.78, 5) is 0. The van der Waals surface area contributed by atoms with E-state index in [0.29, 0.717) is 23.6 Å². The van der Waals surface area contributed by atoms with E-state index in [9.17, 15) is 0 Å². The molecule has 88 valence electrons. The molecule has 1 rings (SSSR count). The van der Waals surface area contributed by atoms with Gasteiger partial charge in [0.2, 0.25) is 0 Å². The van der Waals surface area contributed by atoms with Crippen LogP contribution in [0.4, 0.5) is 0 Å². The van der Waals surface area contributed by atoms with E-state index in [0.717, 1.165) is 5.56 Å². The van der Waals surface area contributed by atoms with Crippen LogP contribution in [0.2, 0.25) is 0 Å². The fraction of sp³-hybridized carbons (Fsp3) is 0.400. The fourth-order valence-corrected chi connectivity index (χ4v) is 1.24. The SMILES string of the molecule is [B+2]c1c(OC)cc(COC)cc1OC.[OH-].[OH-]. The van der Waals surface area contributed by atoms with Crippen molar-refractivity contribution in [1.82, 2.24) is 0 Å². The molecule has 5 nitrogen and oxygen atoms in total. The second kappa shape index (κ2) is 7.98. The van der Waals surface area contributed by atoms with Crippen molar-refractivity contribution in [2.45, 2.75) is 6.61 Å². The maximum absolute atomic E-state index is 5.78. The molecule has 0 bridgehead atoms. The molecular weight excluding hydrogens is 211 g/mol. The zero-order chi connectivity index (χ0) is 10.6.